The highest BCUT2D eigenvalue weighted by Gasteiger charge is 2.33. The van der Waals surface area contributed by atoms with Crippen molar-refractivity contribution in [3.63, 3.8) is 0 Å². The van der Waals surface area contributed by atoms with E-state index >= 15 is 0 Å². The second kappa shape index (κ2) is 5.34. The molecule has 2 heterocycles. The molecule has 1 aliphatic rings. The quantitative estimate of drug-likeness (QED) is 0.901. The third-order valence-electron chi connectivity index (χ3n) is 3.68. The molecule has 20 heavy (non-hydrogen) atoms. The van der Waals surface area contributed by atoms with Crippen LogP contribution in [0.3, 0.4) is 0 Å². The standard InChI is InChI=1S/C16H27N3O/c1-15(2,3)12-6-7-14(18-9-12)19-10-13(8-17)20-16(4,5)11-19/h6-7,9,13H,8,10-11,17H2,1-5H3. The Morgan fingerprint density at radius 2 is 2.10 bits per heavy atom. The highest BCUT2D eigenvalue weighted by Crippen LogP contribution is 2.27. The lowest BCUT2D eigenvalue weighted by Gasteiger charge is -2.43. The zero-order chi connectivity index (χ0) is 15.0. The van der Waals surface area contributed by atoms with E-state index in [4.69, 9.17) is 10.5 Å². The average Bonchev–Trinajstić information content (AvgIpc) is 2.36. The molecule has 0 radical (unpaired) electrons. The van der Waals surface area contributed by atoms with Gasteiger partial charge in [-0.05, 0) is 30.9 Å². The number of rotatable bonds is 2. The first-order valence-electron chi connectivity index (χ1n) is 7.31. The van der Waals surface area contributed by atoms with Crippen LogP contribution < -0.4 is 10.6 Å². The molecule has 1 unspecified atom stereocenters. The van der Waals surface area contributed by atoms with Gasteiger partial charge in [0.25, 0.3) is 0 Å². The van der Waals surface area contributed by atoms with Crippen LogP contribution in [0, 0.1) is 0 Å². The zero-order valence-electron chi connectivity index (χ0n) is 13.3. The number of hydrogen-bond acceptors (Lipinski definition) is 4. The minimum atomic E-state index is -0.188. The van der Waals surface area contributed by atoms with Gasteiger partial charge in [0.05, 0.1) is 11.7 Å². The molecule has 1 aromatic heterocycles. The first kappa shape index (κ1) is 15.3. The number of pyridine rings is 1. The Kier molecular flexibility index (Phi) is 4.07. The molecule has 0 aromatic carbocycles. The first-order valence-corrected chi connectivity index (χ1v) is 7.31. The Morgan fingerprint density at radius 3 is 2.60 bits per heavy atom. The summed E-state index contributed by atoms with van der Waals surface area (Å²) in [6, 6.07) is 4.28. The number of morpholine rings is 1. The summed E-state index contributed by atoms with van der Waals surface area (Å²) < 4.78 is 5.96. The predicted octanol–water partition coefficient (Wildman–Crippen LogP) is 2.32. The van der Waals surface area contributed by atoms with E-state index in [2.05, 4.69) is 56.6 Å². The second-order valence-electron chi connectivity index (χ2n) is 7.27. The Hall–Kier alpha value is -1.13. The van der Waals surface area contributed by atoms with Gasteiger partial charge in [0.2, 0.25) is 0 Å². The molecule has 1 atom stereocenters. The molecule has 1 saturated heterocycles. The van der Waals surface area contributed by atoms with Crippen molar-refractivity contribution in [2.45, 2.75) is 51.7 Å². The van der Waals surface area contributed by atoms with Crippen molar-refractivity contribution in [3.8, 4) is 0 Å². The van der Waals surface area contributed by atoms with E-state index in [1.165, 1.54) is 5.56 Å². The maximum Gasteiger partial charge on any atom is 0.128 e. The molecule has 0 amide bonds. The lowest BCUT2D eigenvalue weighted by Crippen LogP contribution is -2.55. The molecular formula is C16H27N3O. The highest BCUT2D eigenvalue weighted by atomic mass is 16.5. The summed E-state index contributed by atoms with van der Waals surface area (Å²) in [5.74, 6) is 1.01. The third-order valence-corrected chi connectivity index (χ3v) is 3.68. The fraction of sp³-hybridized carbons (Fsp3) is 0.688. The predicted molar refractivity (Wildman–Crippen MR) is 83.2 cm³/mol. The van der Waals surface area contributed by atoms with Crippen LogP contribution in [0.1, 0.15) is 40.2 Å². The van der Waals surface area contributed by atoms with Crippen molar-refractivity contribution in [1.29, 1.82) is 0 Å². The van der Waals surface area contributed by atoms with Crippen molar-refractivity contribution in [3.05, 3.63) is 23.9 Å². The maximum atomic E-state index is 5.96. The van der Waals surface area contributed by atoms with E-state index in [1.54, 1.807) is 0 Å². The molecule has 4 heteroatoms. The summed E-state index contributed by atoms with van der Waals surface area (Å²) >= 11 is 0. The lowest BCUT2D eigenvalue weighted by atomic mass is 9.88. The van der Waals surface area contributed by atoms with Crippen LogP contribution in [0.2, 0.25) is 0 Å². The number of ether oxygens (including phenoxy) is 1. The average molecular weight is 277 g/mol. The van der Waals surface area contributed by atoms with E-state index < -0.39 is 0 Å². The Balaban J connectivity index is 2.18. The van der Waals surface area contributed by atoms with Gasteiger partial charge in [-0.15, -0.1) is 0 Å². The Labute approximate surface area is 122 Å². The van der Waals surface area contributed by atoms with E-state index in [-0.39, 0.29) is 17.1 Å². The molecule has 1 aliphatic heterocycles. The van der Waals surface area contributed by atoms with Crippen LogP contribution in [0.5, 0.6) is 0 Å². The van der Waals surface area contributed by atoms with Crippen molar-refractivity contribution in [2.75, 3.05) is 24.5 Å². The number of nitrogens with zero attached hydrogens (tertiary/aromatic N) is 2. The number of nitrogens with two attached hydrogens (primary N) is 1. The summed E-state index contributed by atoms with van der Waals surface area (Å²) in [5.41, 5.74) is 6.97. The molecule has 4 nitrogen and oxygen atoms in total. The smallest absolute Gasteiger partial charge is 0.128 e. The van der Waals surface area contributed by atoms with Crippen molar-refractivity contribution >= 4 is 5.82 Å². The Morgan fingerprint density at radius 1 is 1.40 bits per heavy atom. The van der Waals surface area contributed by atoms with Gasteiger partial charge in [-0.25, -0.2) is 4.98 Å². The molecule has 2 rings (SSSR count). The summed E-state index contributed by atoms with van der Waals surface area (Å²) in [6.45, 7) is 13.0. The largest absolute Gasteiger partial charge is 0.367 e. The molecule has 0 bridgehead atoms. The van der Waals surface area contributed by atoms with Gasteiger partial charge in [0, 0.05) is 25.8 Å². The molecule has 1 fully saturated rings. The van der Waals surface area contributed by atoms with Gasteiger partial charge in [-0.3, -0.25) is 0 Å². The summed E-state index contributed by atoms with van der Waals surface area (Å²) in [6.07, 6.45) is 2.05. The van der Waals surface area contributed by atoms with Gasteiger partial charge in [0.15, 0.2) is 0 Å². The number of hydrogen-bond donors (Lipinski definition) is 1. The molecular weight excluding hydrogens is 250 g/mol. The van der Waals surface area contributed by atoms with Crippen molar-refractivity contribution < 1.29 is 4.74 Å². The molecule has 2 N–H and O–H groups in total. The van der Waals surface area contributed by atoms with E-state index in [0.717, 1.165) is 18.9 Å². The summed E-state index contributed by atoms with van der Waals surface area (Å²) in [4.78, 5) is 6.90. The lowest BCUT2D eigenvalue weighted by molar-refractivity contribution is -0.0790. The molecule has 1 aromatic rings. The Bertz CT molecular complexity index is 448. The van der Waals surface area contributed by atoms with Gasteiger partial charge >= 0.3 is 0 Å². The second-order valence-corrected chi connectivity index (χ2v) is 7.27. The summed E-state index contributed by atoms with van der Waals surface area (Å²) in [7, 11) is 0. The van der Waals surface area contributed by atoms with Crippen LogP contribution in [0.15, 0.2) is 18.3 Å². The van der Waals surface area contributed by atoms with E-state index in [0.29, 0.717) is 6.54 Å². The van der Waals surface area contributed by atoms with Gasteiger partial charge in [-0.2, -0.15) is 0 Å². The van der Waals surface area contributed by atoms with Crippen molar-refractivity contribution in [1.82, 2.24) is 4.98 Å². The topological polar surface area (TPSA) is 51.4 Å². The monoisotopic (exact) mass is 277 g/mol. The fourth-order valence-electron chi connectivity index (χ4n) is 2.61. The fourth-order valence-corrected chi connectivity index (χ4v) is 2.61. The van der Waals surface area contributed by atoms with Crippen LogP contribution in [0.25, 0.3) is 0 Å². The van der Waals surface area contributed by atoms with Gasteiger partial charge < -0.3 is 15.4 Å². The van der Waals surface area contributed by atoms with Crippen molar-refractivity contribution in [2.24, 2.45) is 5.73 Å². The maximum absolute atomic E-state index is 5.96. The normalized spacial score (nSPS) is 22.9. The van der Waals surface area contributed by atoms with E-state index in [1.807, 2.05) is 6.20 Å². The molecule has 0 saturated carbocycles. The first-order chi connectivity index (χ1) is 9.21. The minimum absolute atomic E-state index is 0.0721. The van der Waals surface area contributed by atoms with Crippen LogP contribution in [-0.4, -0.2) is 36.3 Å². The van der Waals surface area contributed by atoms with Crippen LogP contribution in [-0.2, 0) is 10.2 Å². The van der Waals surface area contributed by atoms with Crippen LogP contribution in [0.4, 0.5) is 5.82 Å². The zero-order valence-corrected chi connectivity index (χ0v) is 13.3. The number of anilines is 1. The minimum Gasteiger partial charge on any atom is -0.367 e. The molecule has 0 spiro atoms. The number of aromatic nitrogens is 1. The third kappa shape index (κ3) is 3.49. The van der Waals surface area contributed by atoms with E-state index in [9.17, 15) is 0 Å². The molecule has 0 aliphatic carbocycles. The summed E-state index contributed by atoms with van der Waals surface area (Å²) in [5, 5.41) is 0. The van der Waals surface area contributed by atoms with Gasteiger partial charge in [-0.1, -0.05) is 26.8 Å². The molecule has 112 valence electrons. The van der Waals surface area contributed by atoms with Gasteiger partial charge in [0.1, 0.15) is 5.82 Å². The highest BCUT2D eigenvalue weighted by molar-refractivity contribution is 5.41. The van der Waals surface area contributed by atoms with Crippen LogP contribution >= 0.6 is 0 Å². The SMILES string of the molecule is CC1(C)CN(c2ccc(C(C)(C)C)cn2)CC(CN)O1.